The number of thioether (sulfide) groups is 1. The van der Waals surface area contributed by atoms with Gasteiger partial charge in [-0.05, 0) is 12.1 Å². The fourth-order valence-corrected chi connectivity index (χ4v) is 1.38. The second kappa shape index (κ2) is 3.10. The van der Waals surface area contributed by atoms with Gasteiger partial charge in [-0.2, -0.15) is 0 Å². The average Bonchev–Trinajstić information content (AvgIpc) is 2.47. The molecular weight excluding hydrogens is 177 g/mol. The van der Waals surface area contributed by atoms with Crippen LogP contribution in [0, 0.1) is 0 Å². The van der Waals surface area contributed by atoms with Crippen LogP contribution in [0.3, 0.4) is 0 Å². The van der Waals surface area contributed by atoms with Gasteiger partial charge < -0.3 is 4.98 Å². The number of rotatable bonds is 2. The minimum Gasteiger partial charge on any atom is -0.331 e. The Morgan fingerprint density at radius 2 is 2.50 bits per heavy atom. The molecule has 0 unspecified atom stereocenters. The maximum Gasteiger partial charge on any atom is 0.178 e. The largest absolute Gasteiger partial charge is 0.331 e. The van der Waals surface area contributed by atoms with Gasteiger partial charge in [-0.1, -0.05) is 11.8 Å². The number of pyridine rings is 1. The molecule has 0 saturated carbocycles. The summed E-state index contributed by atoms with van der Waals surface area (Å²) < 4.78 is 11.9. The van der Waals surface area contributed by atoms with Gasteiger partial charge in [0.2, 0.25) is 0 Å². The van der Waals surface area contributed by atoms with Crippen molar-refractivity contribution in [2.24, 2.45) is 0 Å². The van der Waals surface area contributed by atoms with Crippen LogP contribution in [0.25, 0.3) is 11.2 Å². The average molecular weight is 183 g/mol. The van der Waals surface area contributed by atoms with Crippen LogP contribution in [-0.2, 0) is 0 Å². The number of nitrogens with one attached hydrogen (secondary N) is 1. The van der Waals surface area contributed by atoms with Crippen LogP contribution in [-0.4, -0.2) is 21.0 Å². The summed E-state index contributed by atoms with van der Waals surface area (Å²) in [5, 5.41) is 0.575. The Labute approximate surface area is 72.4 Å². The summed E-state index contributed by atoms with van der Waals surface area (Å²) >= 11 is 1.03. The van der Waals surface area contributed by atoms with Crippen molar-refractivity contribution in [2.45, 2.75) is 5.16 Å². The molecule has 2 rings (SSSR count). The lowest BCUT2D eigenvalue weighted by Crippen LogP contribution is -1.73. The summed E-state index contributed by atoms with van der Waals surface area (Å²) in [5.41, 5.74) is 1.47. The Bertz CT molecular complexity index is 354. The molecule has 0 aliphatic carbocycles. The molecule has 0 fully saturated rings. The fraction of sp³-hybridized carbons (Fsp3) is 0.143. The summed E-state index contributed by atoms with van der Waals surface area (Å²) in [6.07, 6.45) is 1.66. The van der Waals surface area contributed by atoms with Gasteiger partial charge >= 0.3 is 0 Å². The van der Waals surface area contributed by atoms with Gasteiger partial charge in [0.25, 0.3) is 0 Å². The van der Waals surface area contributed by atoms with Crippen molar-refractivity contribution in [3.05, 3.63) is 18.3 Å². The second-order valence-corrected chi connectivity index (χ2v) is 3.06. The first-order valence-electron chi connectivity index (χ1n) is 3.39. The van der Waals surface area contributed by atoms with Gasteiger partial charge in [-0.25, -0.2) is 14.4 Å². The van der Waals surface area contributed by atoms with Gasteiger partial charge in [0.15, 0.2) is 10.8 Å². The van der Waals surface area contributed by atoms with Gasteiger partial charge in [-0.15, -0.1) is 0 Å². The highest BCUT2D eigenvalue weighted by atomic mass is 32.2. The molecule has 0 saturated heterocycles. The molecule has 0 atom stereocenters. The first-order valence-corrected chi connectivity index (χ1v) is 4.38. The first-order chi connectivity index (χ1) is 5.90. The third-order valence-electron chi connectivity index (χ3n) is 1.43. The van der Waals surface area contributed by atoms with Crippen molar-refractivity contribution in [3.63, 3.8) is 0 Å². The van der Waals surface area contributed by atoms with E-state index >= 15 is 0 Å². The molecule has 5 heteroatoms. The van der Waals surface area contributed by atoms with E-state index in [9.17, 15) is 4.39 Å². The van der Waals surface area contributed by atoms with Crippen molar-refractivity contribution in [2.75, 3.05) is 6.01 Å². The molecular formula is C7H6FN3S. The molecule has 62 valence electrons. The fourth-order valence-electron chi connectivity index (χ4n) is 0.943. The lowest BCUT2D eigenvalue weighted by molar-refractivity contribution is 0.604. The maximum atomic E-state index is 11.9. The first kappa shape index (κ1) is 7.54. The van der Waals surface area contributed by atoms with Crippen LogP contribution >= 0.6 is 11.8 Å². The molecule has 0 aliphatic rings. The van der Waals surface area contributed by atoms with Crippen molar-refractivity contribution in [1.29, 1.82) is 0 Å². The van der Waals surface area contributed by atoms with E-state index in [4.69, 9.17) is 0 Å². The van der Waals surface area contributed by atoms with E-state index in [-0.39, 0.29) is 0 Å². The van der Waals surface area contributed by atoms with Crippen LogP contribution in [0.15, 0.2) is 23.5 Å². The highest BCUT2D eigenvalue weighted by Crippen LogP contribution is 2.17. The summed E-state index contributed by atoms with van der Waals surface area (Å²) in [6, 6.07) is 3.20. The monoisotopic (exact) mass is 183 g/mol. The zero-order chi connectivity index (χ0) is 8.39. The van der Waals surface area contributed by atoms with E-state index in [0.717, 1.165) is 17.3 Å². The Hall–Kier alpha value is -1.10. The molecule has 0 aromatic carbocycles. The summed E-state index contributed by atoms with van der Waals surface area (Å²) in [4.78, 5) is 11.0. The molecule has 0 radical (unpaired) electrons. The molecule has 0 aliphatic heterocycles. The number of halogens is 1. The van der Waals surface area contributed by atoms with E-state index in [1.807, 2.05) is 12.1 Å². The Balaban J connectivity index is 2.47. The van der Waals surface area contributed by atoms with E-state index in [0.29, 0.717) is 10.8 Å². The Morgan fingerprint density at radius 1 is 1.58 bits per heavy atom. The lowest BCUT2D eigenvalue weighted by Gasteiger charge is -1.84. The van der Waals surface area contributed by atoms with Crippen molar-refractivity contribution < 1.29 is 4.39 Å². The number of nitrogens with zero attached hydrogens (tertiary/aromatic N) is 2. The number of aromatic amines is 1. The third-order valence-corrected chi connectivity index (χ3v) is 2.00. The predicted octanol–water partition coefficient (Wildman–Crippen LogP) is 1.98. The minimum atomic E-state index is -0.472. The highest BCUT2D eigenvalue weighted by molar-refractivity contribution is 7.99. The second-order valence-electron chi connectivity index (χ2n) is 2.17. The number of fused-ring (bicyclic) bond motifs is 1. The van der Waals surface area contributed by atoms with Crippen LogP contribution in [0.4, 0.5) is 4.39 Å². The molecule has 2 aromatic rings. The predicted molar refractivity (Wildman–Crippen MR) is 45.7 cm³/mol. The molecule has 2 aromatic heterocycles. The van der Waals surface area contributed by atoms with E-state index < -0.39 is 6.01 Å². The summed E-state index contributed by atoms with van der Waals surface area (Å²) in [6.45, 7) is 0. The number of hydrogen-bond donors (Lipinski definition) is 1. The van der Waals surface area contributed by atoms with E-state index in [1.165, 1.54) is 0 Å². The molecule has 2 heterocycles. The minimum absolute atomic E-state index is 0.472. The van der Waals surface area contributed by atoms with Crippen LogP contribution in [0.2, 0.25) is 0 Å². The molecule has 3 nitrogen and oxygen atoms in total. The van der Waals surface area contributed by atoms with Crippen molar-refractivity contribution in [3.8, 4) is 0 Å². The quantitative estimate of drug-likeness (QED) is 0.724. The van der Waals surface area contributed by atoms with Crippen LogP contribution in [0.1, 0.15) is 0 Å². The molecule has 0 spiro atoms. The van der Waals surface area contributed by atoms with Crippen molar-refractivity contribution >= 4 is 22.9 Å². The Morgan fingerprint density at radius 3 is 3.25 bits per heavy atom. The molecule has 0 amide bonds. The number of aromatic nitrogens is 3. The number of alkyl halides is 1. The van der Waals surface area contributed by atoms with E-state index in [1.54, 1.807) is 6.20 Å². The number of hydrogen-bond acceptors (Lipinski definition) is 3. The third kappa shape index (κ3) is 1.27. The smallest absolute Gasteiger partial charge is 0.178 e. The molecule has 12 heavy (non-hydrogen) atoms. The highest BCUT2D eigenvalue weighted by Gasteiger charge is 2.01. The molecule has 1 N–H and O–H groups in total. The van der Waals surface area contributed by atoms with Gasteiger partial charge in [0, 0.05) is 6.20 Å². The summed E-state index contributed by atoms with van der Waals surface area (Å²) in [7, 11) is 0. The SMILES string of the molecule is FCSc1nc2ncccc2[nH]1. The number of H-pyrrole nitrogens is 1. The Kier molecular flexibility index (Phi) is 1.95. The normalized spacial score (nSPS) is 10.8. The molecule has 0 bridgehead atoms. The van der Waals surface area contributed by atoms with Gasteiger partial charge in [0.05, 0.1) is 5.52 Å². The van der Waals surface area contributed by atoms with Crippen molar-refractivity contribution in [1.82, 2.24) is 15.0 Å². The maximum absolute atomic E-state index is 11.9. The zero-order valence-corrected chi connectivity index (χ0v) is 6.94. The zero-order valence-electron chi connectivity index (χ0n) is 6.12. The topological polar surface area (TPSA) is 41.6 Å². The van der Waals surface area contributed by atoms with Gasteiger partial charge in [0.1, 0.15) is 6.01 Å². The number of imidazole rings is 1. The van der Waals surface area contributed by atoms with Gasteiger partial charge in [-0.3, -0.25) is 0 Å². The standard InChI is InChI=1S/C7H6FN3S/c8-4-12-7-10-5-2-1-3-9-6(5)11-7/h1-3H,4H2,(H,9,10,11). The lowest BCUT2D eigenvalue weighted by atomic mass is 10.4. The van der Waals surface area contributed by atoms with Crippen LogP contribution < -0.4 is 0 Å². The summed E-state index contributed by atoms with van der Waals surface area (Å²) in [5.74, 6) is 0. The van der Waals surface area contributed by atoms with Crippen LogP contribution in [0.5, 0.6) is 0 Å². The van der Waals surface area contributed by atoms with E-state index in [2.05, 4.69) is 15.0 Å².